The summed E-state index contributed by atoms with van der Waals surface area (Å²) >= 11 is 6.77. The van der Waals surface area contributed by atoms with Crippen molar-refractivity contribution in [2.45, 2.75) is 56.8 Å². The molecule has 0 radical (unpaired) electrons. The van der Waals surface area contributed by atoms with Gasteiger partial charge in [-0.3, -0.25) is 9.48 Å². The first-order valence-corrected chi connectivity index (χ1v) is 11.6. The summed E-state index contributed by atoms with van der Waals surface area (Å²) in [5, 5.41) is 14.7. The number of carbonyl (C=O) groups is 1. The van der Waals surface area contributed by atoms with Gasteiger partial charge in [-0.15, -0.1) is 0 Å². The van der Waals surface area contributed by atoms with E-state index < -0.39 is 5.97 Å². The van der Waals surface area contributed by atoms with Gasteiger partial charge in [-0.25, -0.2) is 9.97 Å². The van der Waals surface area contributed by atoms with Crippen LogP contribution < -0.4 is 10.6 Å². The Morgan fingerprint density at radius 1 is 1.24 bits per heavy atom. The van der Waals surface area contributed by atoms with Crippen molar-refractivity contribution in [2.75, 3.05) is 4.90 Å². The SMILES string of the molecule is N[C@H]1C[C@H]2CC[C@@H](C1)N2c1cnc2c(-c3ccc4nn(CCC(=O)O)cc4c3Cl)c[nH]c2n1. The number of carboxylic acid groups (broad SMARTS) is 1. The standard InChI is InChI=1S/C23H24ClN7O2/c24-21-15(3-4-18-17(21)11-30(29-18)6-5-20(32)33)16-9-27-23-22(16)26-10-19(28-23)31-13-1-2-14(31)8-12(25)7-13/h3-4,9-14H,1-2,5-8,25H2,(H,27,28)(H,32,33)/t12-,13+,14-. The second kappa shape index (κ2) is 7.71. The maximum Gasteiger partial charge on any atom is 0.305 e. The highest BCUT2D eigenvalue weighted by Crippen LogP contribution is 2.40. The molecule has 0 spiro atoms. The molecule has 3 atom stereocenters. The molecule has 0 amide bonds. The van der Waals surface area contributed by atoms with Gasteiger partial charge >= 0.3 is 5.97 Å². The highest BCUT2D eigenvalue weighted by Gasteiger charge is 2.40. The monoisotopic (exact) mass is 465 g/mol. The molecule has 5 heterocycles. The van der Waals surface area contributed by atoms with Crippen LogP contribution in [0.3, 0.4) is 0 Å². The van der Waals surface area contributed by atoms with Crippen molar-refractivity contribution in [3.63, 3.8) is 0 Å². The van der Waals surface area contributed by atoms with Crippen molar-refractivity contribution in [2.24, 2.45) is 5.73 Å². The van der Waals surface area contributed by atoms with Gasteiger partial charge in [-0.1, -0.05) is 17.7 Å². The summed E-state index contributed by atoms with van der Waals surface area (Å²) in [5.74, 6) is 0.0371. The minimum atomic E-state index is -0.863. The lowest BCUT2D eigenvalue weighted by Crippen LogP contribution is -2.47. The number of piperidine rings is 1. The van der Waals surface area contributed by atoms with Crippen LogP contribution in [0.4, 0.5) is 5.82 Å². The van der Waals surface area contributed by atoms with Crippen LogP contribution in [0.1, 0.15) is 32.1 Å². The fourth-order valence-corrected chi connectivity index (χ4v) is 5.76. The summed E-state index contributed by atoms with van der Waals surface area (Å²) in [7, 11) is 0. The zero-order chi connectivity index (χ0) is 22.7. The number of benzene rings is 1. The van der Waals surface area contributed by atoms with Gasteiger partial charge in [-0.2, -0.15) is 5.10 Å². The summed E-state index contributed by atoms with van der Waals surface area (Å²) < 4.78 is 1.62. The highest BCUT2D eigenvalue weighted by atomic mass is 35.5. The lowest BCUT2D eigenvalue weighted by atomic mass is 9.98. The van der Waals surface area contributed by atoms with Crippen LogP contribution >= 0.6 is 11.6 Å². The van der Waals surface area contributed by atoms with Gasteiger partial charge in [0.1, 0.15) is 11.3 Å². The fraction of sp³-hybridized carbons (Fsp3) is 0.391. The number of aryl methyl sites for hydroxylation is 1. The molecule has 2 bridgehead atoms. The molecule has 33 heavy (non-hydrogen) atoms. The number of halogens is 1. The van der Waals surface area contributed by atoms with Gasteiger partial charge < -0.3 is 20.7 Å². The number of fused-ring (bicyclic) bond motifs is 4. The third kappa shape index (κ3) is 3.43. The summed E-state index contributed by atoms with van der Waals surface area (Å²) in [4.78, 5) is 26.2. The maximum absolute atomic E-state index is 10.9. The normalized spacial score (nSPS) is 22.5. The van der Waals surface area contributed by atoms with Crippen LogP contribution in [0, 0.1) is 0 Å². The van der Waals surface area contributed by atoms with Gasteiger partial charge in [-0.05, 0) is 31.7 Å². The molecular formula is C23H24ClN7O2. The Morgan fingerprint density at radius 2 is 2.03 bits per heavy atom. The number of rotatable bonds is 5. The summed E-state index contributed by atoms with van der Waals surface area (Å²) in [6, 6.07) is 4.97. The van der Waals surface area contributed by atoms with Crippen LogP contribution in [-0.2, 0) is 11.3 Å². The van der Waals surface area contributed by atoms with Gasteiger partial charge in [0, 0.05) is 47.0 Å². The Labute approximate surface area is 194 Å². The van der Waals surface area contributed by atoms with E-state index in [1.165, 1.54) is 0 Å². The molecule has 10 heteroatoms. The van der Waals surface area contributed by atoms with Crippen molar-refractivity contribution in [3.8, 4) is 11.1 Å². The van der Waals surface area contributed by atoms with E-state index in [1.54, 1.807) is 10.9 Å². The molecule has 3 aromatic heterocycles. The molecule has 4 aromatic rings. The van der Waals surface area contributed by atoms with Crippen LogP contribution in [0.2, 0.25) is 5.02 Å². The van der Waals surface area contributed by atoms with E-state index in [9.17, 15) is 4.79 Å². The van der Waals surface area contributed by atoms with Gasteiger partial charge in [0.05, 0.1) is 29.7 Å². The van der Waals surface area contributed by atoms with E-state index in [4.69, 9.17) is 32.4 Å². The number of carboxylic acids is 1. The number of hydrogen-bond acceptors (Lipinski definition) is 6. The van der Waals surface area contributed by atoms with Crippen LogP contribution in [-0.4, -0.2) is 53.9 Å². The lowest BCUT2D eigenvalue weighted by molar-refractivity contribution is -0.137. The maximum atomic E-state index is 10.9. The molecule has 0 saturated carbocycles. The molecule has 2 saturated heterocycles. The first kappa shape index (κ1) is 20.4. The molecule has 2 aliphatic heterocycles. The van der Waals surface area contributed by atoms with Gasteiger partial charge in [0.15, 0.2) is 5.65 Å². The van der Waals surface area contributed by atoms with Crippen LogP contribution in [0.5, 0.6) is 0 Å². The van der Waals surface area contributed by atoms with Crippen LogP contribution in [0.15, 0.2) is 30.7 Å². The highest BCUT2D eigenvalue weighted by molar-refractivity contribution is 6.38. The Bertz CT molecular complexity index is 1370. The number of hydrogen-bond donors (Lipinski definition) is 3. The Morgan fingerprint density at radius 3 is 2.79 bits per heavy atom. The molecule has 6 rings (SSSR count). The van der Waals surface area contributed by atoms with E-state index >= 15 is 0 Å². The first-order valence-electron chi connectivity index (χ1n) is 11.2. The molecular weight excluding hydrogens is 442 g/mol. The van der Waals surface area contributed by atoms with E-state index in [2.05, 4.69) is 15.0 Å². The molecule has 2 aliphatic rings. The van der Waals surface area contributed by atoms with Gasteiger partial charge in [0.25, 0.3) is 0 Å². The molecule has 0 unspecified atom stereocenters. The van der Waals surface area contributed by atoms with Crippen molar-refractivity contribution in [1.29, 1.82) is 0 Å². The Balaban J connectivity index is 1.35. The number of aromatic nitrogens is 5. The van der Waals surface area contributed by atoms with Crippen molar-refractivity contribution >= 4 is 45.5 Å². The van der Waals surface area contributed by atoms with Crippen molar-refractivity contribution in [1.82, 2.24) is 24.7 Å². The lowest BCUT2D eigenvalue weighted by Gasteiger charge is -2.38. The second-order valence-corrected chi connectivity index (χ2v) is 9.43. The van der Waals surface area contributed by atoms with Crippen LogP contribution in [0.25, 0.3) is 33.2 Å². The minimum Gasteiger partial charge on any atom is -0.481 e. The summed E-state index contributed by atoms with van der Waals surface area (Å²) in [5.41, 5.74) is 10.1. The number of anilines is 1. The van der Waals surface area contributed by atoms with E-state index in [0.29, 0.717) is 23.7 Å². The predicted molar refractivity (Wildman–Crippen MR) is 126 cm³/mol. The third-order valence-corrected chi connectivity index (χ3v) is 7.33. The number of H-pyrrole nitrogens is 1. The average molecular weight is 466 g/mol. The number of nitrogens with two attached hydrogens (primary N) is 1. The van der Waals surface area contributed by atoms with Gasteiger partial charge in [0.2, 0.25) is 0 Å². The topological polar surface area (TPSA) is 126 Å². The number of aliphatic carboxylic acids is 1. The first-order chi connectivity index (χ1) is 16.0. The zero-order valence-electron chi connectivity index (χ0n) is 17.9. The summed E-state index contributed by atoms with van der Waals surface area (Å²) in [6.45, 7) is 0.292. The Kier molecular flexibility index (Phi) is 4.77. The minimum absolute atomic E-state index is 0.00348. The largest absolute Gasteiger partial charge is 0.481 e. The zero-order valence-corrected chi connectivity index (χ0v) is 18.7. The molecule has 2 fully saturated rings. The van der Waals surface area contributed by atoms with Crippen molar-refractivity contribution < 1.29 is 9.90 Å². The average Bonchev–Trinajstić information content (AvgIpc) is 3.47. The fourth-order valence-electron chi connectivity index (χ4n) is 5.45. The molecule has 170 valence electrons. The quantitative estimate of drug-likeness (QED) is 0.411. The predicted octanol–water partition coefficient (Wildman–Crippen LogP) is 3.56. The Hall–Kier alpha value is -3.17. The molecule has 9 nitrogen and oxygen atoms in total. The molecule has 1 aromatic carbocycles. The van der Waals surface area contributed by atoms with E-state index in [0.717, 1.165) is 64.7 Å². The third-order valence-electron chi connectivity index (χ3n) is 6.92. The second-order valence-electron chi connectivity index (χ2n) is 9.05. The van der Waals surface area contributed by atoms with E-state index in [1.807, 2.05) is 24.5 Å². The van der Waals surface area contributed by atoms with Crippen molar-refractivity contribution in [3.05, 3.63) is 35.7 Å². The summed E-state index contributed by atoms with van der Waals surface area (Å²) in [6.07, 6.45) is 9.86. The number of nitrogens with zero attached hydrogens (tertiary/aromatic N) is 5. The van der Waals surface area contributed by atoms with E-state index in [-0.39, 0.29) is 12.5 Å². The molecule has 0 aliphatic carbocycles. The number of nitrogens with one attached hydrogen (secondary N) is 1. The smallest absolute Gasteiger partial charge is 0.305 e. The number of aromatic amines is 1. The molecule has 4 N–H and O–H groups in total.